The highest BCUT2D eigenvalue weighted by Crippen LogP contribution is 2.27. The molecule has 0 saturated carbocycles. The van der Waals surface area contributed by atoms with Crippen molar-refractivity contribution in [3.63, 3.8) is 0 Å². The SMILES string of the molecule is O=c1n(-c2ncccn2)nc2ccc(-c3cccc(N4CCC4)c3)cn12. The Labute approximate surface area is 149 Å². The van der Waals surface area contributed by atoms with E-state index < -0.39 is 0 Å². The Hall–Kier alpha value is -3.48. The molecular formula is C19H16N6O. The molecule has 7 nitrogen and oxygen atoms in total. The number of anilines is 1. The molecule has 1 aliphatic heterocycles. The molecule has 4 aromatic rings. The van der Waals surface area contributed by atoms with Crippen LogP contribution in [0.15, 0.2) is 65.8 Å². The van der Waals surface area contributed by atoms with Gasteiger partial charge in [-0.3, -0.25) is 0 Å². The lowest BCUT2D eigenvalue weighted by Crippen LogP contribution is -2.36. The third kappa shape index (κ3) is 2.36. The zero-order valence-electron chi connectivity index (χ0n) is 14.0. The van der Waals surface area contributed by atoms with Gasteiger partial charge in [-0.25, -0.2) is 19.2 Å². The molecular weight excluding hydrogens is 328 g/mol. The van der Waals surface area contributed by atoms with Gasteiger partial charge in [-0.1, -0.05) is 12.1 Å². The zero-order chi connectivity index (χ0) is 17.5. The summed E-state index contributed by atoms with van der Waals surface area (Å²) < 4.78 is 2.75. The highest BCUT2D eigenvalue weighted by molar-refractivity contribution is 5.69. The first-order valence-electron chi connectivity index (χ1n) is 8.54. The normalized spacial score (nSPS) is 13.8. The van der Waals surface area contributed by atoms with Gasteiger partial charge in [0.25, 0.3) is 5.95 Å². The number of rotatable bonds is 3. The van der Waals surface area contributed by atoms with E-state index in [1.807, 2.05) is 18.3 Å². The van der Waals surface area contributed by atoms with E-state index in [0.717, 1.165) is 24.2 Å². The minimum Gasteiger partial charge on any atom is -0.371 e. The minimum atomic E-state index is -0.285. The van der Waals surface area contributed by atoms with Crippen molar-refractivity contribution >= 4 is 11.3 Å². The molecule has 1 aromatic carbocycles. The summed E-state index contributed by atoms with van der Waals surface area (Å²) >= 11 is 0. The molecule has 4 heterocycles. The lowest BCUT2D eigenvalue weighted by Gasteiger charge is -2.33. The summed E-state index contributed by atoms with van der Waals surface area (Å²) in [6.45, 7) is 2.21. The molecule has 1 aliphatic rings. The van der Waals surface area contributed by atoms with Crippen molar-refractivity contribution in [1.29, 1.82) is 0 Å². The van der Waals surface area contributed by atoms with Crippen LogP contribution in [0.25, 0.3) is 22.7 Å². The first-order valence-corrected chi connectivity index (χ1v) is 8.54. The van der Waals surface area contributed by atoms with Crippen LogP contribution in [-0.2, 0) is 0 Å². The number of hydrogen-bond acceptors (Lipinski definition) is 5. The van der Waals surface area contributed by atoms with Gasteiger partial charge in [-0.15, -0.1) is 9.78 Å². The van der Waals surface area contributed by atoms with Crippen molar-refractivity contribution in [2.45, 2.75) is 6.42 Å². The van der Waals surface area contributed by atoms with Crippen molar-refractivity contribution in [1.82, 2.24) is 24.1 Å². The Morgan fingerprint density at radius 1 is 0.923 bits per heavy atom. The standard InChI is InChI=1S/C19H16N6O/c26-19-24-13-15(14-4-1-5-16(12-14)23-10-3-11-23)6-7-17(24)22-25(19)18-20-8-2-9-21-18/h1-2,4-9,12-13H,3,10-11H2. The smallest absolute Gasteiger partial charge is 0.357 e. The van der Waals surface area contributed by atoms with E-state index in [1.165, 1.54) is 21.2 Å². The van der Waals surface area contributed by atoms with Gasteiger partial charge in [0, 0.05) is 37.4 Å². The number of benzene rings is 1. The molecule has 26 heavy (non-hydrogen) atoms. The maximum atomic E-state index is 12.7. The van der Waals surface area contributed by atoms with Crippen LogP contribution < -0.4 is 10.6 Å². The molecule has 0 N–H and O–H groups in total. The second-order valence-electron chi connectivity index (χ2n) is 6.28. The van der Waals surface area contributed by atoms with Gasteiger partial charge in [-0.05, 0) is 47.9 Å². The van der Waals surface area contributed by atoms with Gasteiger partial charge >= 0.3 is 5.69 Å². The molecule has 0 atom stereocenters. The summed E-state index contributed by atoms with van der Waals surface area (Å²) in [6.07, 6.45) is 6.24. The summed E-state index contributed by atoms with van der Waals surface area (Å²) in [5, 5.41) is 4.32. The molecule has 0 unspecified atom stereocenters. The maximum Gasteiger partial charge on any atom is 0.357 e. The Kier molecular flexibility index (Phi) is 3.31. The lowest BCUT2D eigenvalue weighted by molar-refractivity contribution is 0.618. The molecule has 0 amide bonds. The summed E-state index contributed by atoms with van der Waals surface area (Å²) in [7, 11) is 0. The minimum absolute atomic E-state index is 0.266. The van der Waals surface area contributed by atoms with Crippen molar-refractivity contribution in [3.05, 3.63) is 71.5 Å². The molecule has 1 fully saturated rings. The summed E-state index contributed by atoms with van der Waals surface area (Å²) in [5.74, 6) is 0.266. The third-order valence-corrected chi connectivity index (χ3v) is 4.66. The molecule has 5 rings (SSSR count). The van der Waals surface area contributed by atoms with Crippen molar-refractivity contribution in [2.75, 3.05) is 18.0 Å². The fourth-order valence-corrected chi connectivity index (χ4v) is 3.13. The molecule has 0 spiro atoms. The van der Waals surface area contributed by atoms with Gasteiger partial charge < -0.3 is 4.90 Å². The number of nitrogens with zero attached hydrogens (tertiary/aromatic N) is 6. The van der Waals surface area contributed by atoms with Crippen LogP contribution in [0.2, 0.25) is 0 Å². The van der Waals surface area contributed by atoms with Crippen LogP contribution in [0.4, 0.5) is 5.69 Å². The number of pyridine rings is 1. The van der Waals surface area contributed by atoms with Gasteiger partial charge in [0.05, 0.1) is 0 Å². The van der Waals surface area contributed by atoms with Crippen LogP contribution in [0.3, 0.4) is 0 Å². The molecule has 3 aromatic heterocycles. The van der Waals surface area contributed by atoms with E-state index in [-0.39, 0.29) is 11.6 Å². The molecule has 0 bridgehead atoms. The first-order chi connectivity index (χ1) is 12.8. The van der Waals surface area contributed by atoms with Crippen molar-refractivity contribution < 1.29 is 0 Å². The lowest BCUT2D eigenvalue weighted by atomic mass is 10.1. The highest BCUT2D eigenvalue weighted by atomic mass is 16.2. The average molecular weight is 344 g/mol. The fourth-order valence-electron chi connectivity index (χ4n) is 3.13. The van der Waals surface area contributed by atoms with Crippen molar-refractivity contribution in [2.24, 2.45) is 0 Å². The predicted molar refractivity (Wildman–Crippen MR) is 98.6 cm³/mol. The van der Waals surface area contributed by atoms with Crippen LogP contribution in [0, 0.1) is 0 Å². The van der Waals surface area contributed by atoms with E-state index in [2.05, 4.69) is 44.2 Å². The zero-order valence-corrected chi connectivity index (χ0v) is 14.0. The van der Waals surface area contributed by atoms with E-state index in [9.17, 15) is 4.79 Å². The van der Waals surface area contributed by atoms with Gasteiger partial charge in [0.2, 0.25) is 0 Å². The molecule has 128 valence electrons. The van der Waals surface area contributed by atoms with Gasteiger partial charge in [-0.2, -0.15) is 0 Å². The Morgan fingerprint density at radius 3 is 2.54 bits per heavy atom. The summed E-state index contributed by atoms with van der Waals surface area (Å²) in [5.41, 5.74) is 3.54. The Morgan fingerprint density at radius 2 is 1.77 bits per heavy atom. The van der Waals surface area contributed by atoms with Crippen LogP contribution >= 0.6 is 0 Å². The predicted octanol–water partition coefficient (Wildman–Crippen LogP) is 2.15. The van der Waals surface area contributed by atoms with Gasteiger partial charge in [0.15, 0.2) is 5.65 Å². The molecule has 0 radical (unpaired) electrons. The number of fused-ring (bicyclic) bond motifs is 1. The van der Waals surface area contributed by atoms with Gasteiger partial charge in [0.1, 0.15) is 0 Å². The quantitative estimate of drug-likeness (QED) is 0.570. The largest absolute Gasteiger partial charge is 0.371 e. The van der Waals surface area contributed by atoms with Crippen LogP contribution in [0.1, 0.15) is 6.42 Å². The maximum absolute atomic E-state index is 12.7. The van der Waals surface area contributed by atoms with E-state index in [4.69, 9.17) is 0 Å². The Balaban J connectivity index is 1.60. The van der Waals surface area contributed by atoms with E-state index >= 15 is 0 Å². The summed E-state index contributed by atoms with van der Waals surface area (Å²) in [4.78, 5) is 23.3. The monoisotopic (exact) mass is 344 g/mol. The van der Waals surface area contributed by atoms with Crippen LogP contribution in [0.5, 0.6) is 0 Å². The number of aromatic nitrogens is 5. The molecule has 7 heteroatoms. The Bertz CT molecular complexity index is 1140. The summed E-state index contributed by atoms with van der Waals surface area (Å²) in [6, 6.07) is 13.9. The van der Waals surface area contributed by atoms with E-state index in [0.29, 0.717) is 5.65 Å². The van der Waals surface area contributed by atoms with Crippen LogP contribution in [-0.4, -0.2) is 37.2 Å². The van der Waals surface area contributed by atoms with Crippen molar-refractivity contribution in [3.8, 4) is 17.1 Å². The second kappa shape index (κ2) is 5.80. The highest BCUT2D eigenvalue weighted by Gasteiger charge is 2.15. The molecule has 0 aliphatic carbocycles. The fraction of sp³-hybridized carbons (Fsp3) is 0.158. The van der Waals surface area contributed by atoms with E-state index in [1.54, 1.807) is 18.5 Å². The number of hydrogen-bond donors (Lipinski definition) is 0. The molecule has 1 saturated heterocycles. The first kappa shape index (κ1) is 14.8. The second-order valence-corrected chi connectivity index (χ2v) is 6.28. The third-order valence-electron chi connectivity index (χ3n) is 4.66. The topological polar surface area (TPSA) is 68.3 Å². The average Bonchev–Trinajstić information content (AvgIpc) is 2.98.